The van der Waals surface area contributed by atoms with Crippen LogP contribution in [0.2, 0.25) is 0 Å². The zero-order chi connectivity index (χ0) is 19.4. The molecular formula is C22H31N3O3. The van der Waals surface area contributed by atoms with Crippen molar-refractivity contribution in [1.82, 2.24) is 15.1 Å². The third-order valence-corrected chi connectivity index (χ3v) is 6.60. The molecule has 4 rings (SSSR count). The first-order chi connectivity index (χ1) is 13.7. The lowest BCUT2D eigenvalue weighted by Gasteiger charge is -2.48. The average Bonchev–Trinajstić information content (AvgIpc) is 2.76. The van der Waals surface area contributed by atoms with Crippen molar-refractivity contribution in [1.29, 1.82) is 0 Å². The Morgan fingerprint density at radius 2 is 1.96 bits per heavy atom. The van der Waals surface area contributed by atoms with Gasteiger partial charge in [-0.1, -0.05) is 30.3 Å². The van der Waals surface area contributed by atoms with Crippen LogP contribution in [-0.2, 0) is 20.7 Å². The lowest BCUT2D eigenvalue weighted by atomic mass is 9.72. The van der Waals surface area contributed by atoms with Gasteiger partial charge in [0.25, 0.3) is 5.91 Å². The third kappa shape index (κ3) is 4.39. The van der Waals surface area contributed by atoms with E-state index < -0.39 is 0 Å². The fraction of sp³-hybridized carbons (Fsp3) is 0.636. The van der Waals surface area contributed by atoms with Crippen molar-refractivity contribution in [2.45, 2.75) is 38.2 Å². The van der Waals surface area contributed by atoms with E-state index in [2.05, 4.69) is 22.3 Å². The molecule has 6 heteroatoms. The normalized spacial score (nSPS) is 25.1. The number of nitrogens with one attached hydrogen (secondary N) is 1. The number of amides is 2. The molecule has 1 atom stereocenters. The summed E-state index contributed by atoms with van der Waals surface area (Å²) in [4.78, 5) is 29.2. The van der Waals surface area contributed by atoms with Crippen LogP contribution in [0.25, 0.3) is 0 Å². The van der Waals surface area contributed by atoms with Crippen molar-refractivity contribution >= 4 is 11.8 Å². The van der Waals surface area contributed by atoms with Gasteiger partial charge in [-0.3, -0.25) is 9.59 Å². The Morgan fingerprint density at radius 3 is 2.68 bits per heavy atom. The molecule has 6 nitrogen and oxygen atoms in total. The molecule has 1 aromatic rings. The van der Waals surface area contributed by atoms with E-state index >= 15 is 0 Å². The first-order valence-corrected chi connectivity index (χ1v) is 10.6. The molecule has 1 spiro atoms. The molecule has 0 aromatic heterocycles. The summed E-state index contributed by atoms with van der Waals surface area (Å²) in [6.07, 6.45) is 4.12. The number of benzene rings is 1. The van der Waals surface area contributed by atoms with Gasteiger partial charge in [0, 0.05) is 45.7 Å². The molecule has 152 valence electrons. The van der Waals surface area contributed by atoms with Crippen molar-refractivity contribution < 1.29 is 14.3 Å². The monoisotopic (exact) mass is 385 g/mol. The zero-order valence-corrected chi connectivity index (χ0v) is 16.6. The maximum atomic E-state index is 12.7. The zero-order valence-electron chi connectivity index (χ0n) is 16.6. The van der Waals surface area contributed by atoms with Crippen molar-refractivity contribution in [3.63, 3.8) is 0 Å². The van der Waals surface area contributed by atoms with Gasteiger partial charge in [-0.25, -0.2) is 0 Å². The number of nitrogens with zero attached hydrogens (tertiary/aromatic N) is 2. The Bertz CT molecular complexity index is 680. The number of carbonyl (C=O) groups is 2. The Labute approximate surface area is 167 Å². The Hall–Kier alpha value is -1.92. The summed E-state index contributed by atoms with van der Waals surface area (Å²) < 4.78 is 5.63. The highest BCUT2D eigenvalue weighted by Crippen LogP contribution is 2.40. The first kappa shape index (κ1) is 19.4. The van der Waals surface area contributed by atoms with Gasteiger partial charge in [0.1, 0.15) is 6.10 Å². The molecule has 3 aliphatic heterocycles. The molecular weight excluding hydrogens is 354 g/mol. The van der Waals surface area contributed by atoms with E-state index in [4.69, 9.17) is 4.74 Å². The topological polar surface area (TPSA) is 61.9 Å². The SMILES string of the molecule is O=C1CCC2(CCN(C(=O)[C@@H]3CNCCO3)CC2)CN1CCc1ccccc1. The quantitative estimate of drug-likeness (QED) is 0.852. The second kappa shape index (κ2) is 8.62. The summed E-state index contributed by atoms with van der Waals surface area (Å²) >= 11 is 0. The minimum atomic E-state index is -0.335. The van der Waals surface area contributed by atoms with Crippen LogP contribution in [0.3, 0.4) is 0 Å². The summed E-state index contributed by atoms with van der Waals surface area (Å²) in [6, 6.07) is 10.4. The highest BCUT2D eigenvalue weighted by Gasteiger charge is 2.42. The average molecular weight is 386 g/mol. The highest BCUT2D eigenvalue weighted by atomic mass is 16.5. The van der Waals surface area contributed by atoms with Crippen LogP contribution in [0.5, 0.6) is 0 Å². The standard InChI is InChI=1S/C22H31N3O3/c26-20-6-8-22(17-25(20)12-7-18-4-2-1-3-5-18)9-13-24(14-10-22)21(27)19-16-23-11-15-28-19/h1-5,19,23H,6-17H2/t19-/m0/s1. The summed E-state index contributed by atoms with van der Waals surface area (Å²) in [5.41, 5.74) is 1.45. The second-order valence-corrected chi connectivity index (χ2v) is 8.44. The Balaban J connectivity index is 1.31. The summed E-state index contributed by atoms with van der Waals surface area (Å²) in [5, 5.41) is 3.23. The predicted molar refractivity (Wildman–Crippen MR) is 107 cm³/mol. The molecule has 3 heterocycles. The van der Waals surface area contributed by atoms with Gasteiger partial charge < -0.3 is 19.9 Å². The van der Waals surface area contributed by atoms with E-state index in [-0.39, 0.29) is 23.3 Å². The molecule has 1 N–H and O–H groups in total. The predicted octanol–water partition coefficient (Wildman–Crippen LogP) is 1.45. The summed E-state index contributed by atoms with van der Waals surface area (Å²) in [7, 11) is 0. The van der Waals surface area contributed by atoms with Crippen molar-refractivity contribution in [3.8, 4) is 0 Å². The van der Waals surface area contributed by atoms with Crippen molar-refractivity contribution in [2.24, 2.45) is 5.41 Å². The lowest BCUT2D eigenvalue weighted by molar-refractivity contribution is -0.150. The van der Waals surface area contributed by atoms with E-state index in [0.29, 0.717) is 19.6 Å². The number of hydrogen-bond acceptors (Lipinski definition) is 4. The molecule has 0 bridgehead atoms. The molecule has 0 aliphatic carbocycles. The molecule has 1 aromatic carbocycles. The number of ether oxygens (including phenoxy) is 1. The van der Waals surface area contributed by atoms with Crippen LogP contribution in [0.1, 0.15) is 31.2 Å². The van der Waals surface area contributed by atoms with Crippen LogP contribution >= 0.6 is 0 Å². The molecule has 0 saturated carbocycles. The maximum Gasteiger partial charge on any atom is 0.253 e. The fourth-order valence-corrected chi connectivity index (χ4v) is 4.75. The molecule has 0 unspecified atom stereocenters. The van der Waals surface area contributed by atoms with Gasteiger partial charge in [0.2, 0.25) is 5.91 Å². The third-order valence-electron chi connectivity index (χ3n) is 6.60. The van der Waals surface area contributed by atoms with Crippen LogP contribution in [0, 0.1) is 5.41 Å². The van der Waals surface area contributed by atoms with E-state index in [1.807, 2.05) is 23.1 Å². The number of likely N-dealkylation sites (tertiary alicyclic amines) is 2. The number of morpholine rings is 1. The van der Waals surface area contributed by atoms with Gasteiger partial charge in [-0.05, 0) is 36.7 Å². The van der Waals surface area contributed by atoms with E-state index in [9.17, 15) is 9.59 Å². The van der Waals surface area contributed by atoms with E-state index in [1.54, 1.807) is 0 Å². The minimum absolute atomic E-state index is 0.120. The summed E-state index contributed by atoms with van der Waals surface area (Å²) in [6.45, 7) is 5.21. The highest BCUT2D eigenvalue weighted by molar-refractivity contribution is 5.81. The van der Waals surface area contributed by atoms with Crippen LogP contribution in [-0.4, -0.2) is 73.6 Å². The summed E-state index contributed by atoms with van der Waals surface area (Å²) in [5.74, 6) is 0.400. The number of hydrogen-bond donors (Lipinski definition) is 1. The minimum Gasteiger partial charge on any atom is -0.366 e. The Kier molecular flexibility index (Phi) is 5.97. The van der Waals surface area contributed by atoms with Gasteiger partial charge in [0.15, 0.2) is 0 Å². The lowest BCUT2D eigenvalue weighted by Crippen LogP contribution is -2.55. The molecule has 3 aliphatic rings. The van der Waals surface area contributed by atoms with Crippen LogP contribution in [0.15, 0.2) is 30.3 Å². The fourth-order valence-electron chi connectivity index (χ4n) is 4.75. The molecule has 2 amide bonds. The van der Waals surface area contributed by atoms with Gasteiger partial charge in [0.05, 0.1) is 6.61 Å². The van der Waals surface area contributed by atoms with Crippen LogP contribution < -0.4 is 5.32 Å². The van der Waals surface area contributed by atoms with Crippen molar-refractivity contribution in [2.75, 3.05) is 45.9 Å². The Morgan fingerprint density at radius 1 is 1.18 bits per heavy atom. The first-order valence-electron chi connectivity index (χ1n) is 10.6. The molecule has 3 saturated heterocycles. The molecule has 0 radical (unpaired) electrons. The number of carbonyl (C=O) groups excluding carboxylic acids is 2. The van der Waals surface area contributed by atoms with E-state index in [1.165, 1.54) is 5.56 Å². The molecule has 28 heavy (non-hydrogen) atoms. The second-order valence-electron chi connectivity index (χ2n) is 8.44. The molecule has 3 fully saturated rings. The van der Waals surface area contributed by atoms with Crippen LogP contribution in [0.4, 0.5) is 0 Å². The van der Waals surface area contributed by atoms with E-state index in [0.717, 1.165) is 58.4 Å². The largest absolute Gasteiger partial charge is 0.366 e. The number of rotatable bonds is 4. The number of piperidine rings is 2. The maximum absolute atomic E-state index is 12.7. The van der Waals surface area contributed by atoms with Gasteiger partial charge in [-0.15, -0.1) is 0 Å². The van der Waals surface area contributed by atoms with Gasteiger partial charge in [-0.2, -0.15) is 0 Å². The smallest absolute Gasteiger partial charge is 0.253 e. The van der Waals surface area contributed by atoms with Gasteiger partial charge >= 0.3 is 0 Å². The van der Waals surface area contributed by atoms with Crippen molar-refractivity contribution in [3.05, 3.63) is 35.9 Å².